The maximum Gasteiger partial charge on any atom is 0.330 e. The van der Waals surface area contributed by atoms with Crippen molar-refractivity contribution in [3.8, 4) is 0 Å². The van der Waals surface area contributed by atoms with Crippen molar-refractivity contribution in [3.63, 3.8) is 0 Å². The molecule has 6 heteroatoms. The molecule has 0 amide bonds. The molecule has 0 saturated heterocycles. The Bertz CT molecular complexity index is 600. The van der Waals surface area contributed by atoms with Gasteiger partial charge < -0.3 is 10.5 Å². The molecule has 1 unspecified atom stereocenters. The summed E-state index contributed by atoms with van der Waals surface area (Å²) in [5.74, 6) is -0.405. The molecular formula is C15H18IN3O2. The average molecular weight is 399 g/mol. The minimum atomic E-state index is -1.16. The van der Waals surface area contributed by atoms with Crippen LogP contribution in [0.15, 0.2) is 42.7 Å². The summed E-state index contributed by atoms with van der Waals surface area (Å²) >= 11 is 2.19. The van der Waals surface area contributed by atoms with Crippen LogP contribution in [0.5, 0.6) is 0 Å². The number of benzene rings is 1. The highest BCUT2D eigenvalue weighted by Crippen LogP contribution is 2.25. The van der Waals surface area contributed by atoms with Gasteiger partial charge in [0.25, 0.3) is 0 Å². The molecule has 112 valence electrons. The lowest BCUT2D eigenvalue weighted by atomic mass is 9.87. The van der Waals surface area contributed by atoms with E-state index < -0.39 is 11.5 Å². The molecule has 0 spiro atoms. The van der Waals surface area contributed by atoms with Gasteiger partial charge in [-0.1, -0.05) is 30.3 Å². The average Bonchev–Trinajstić information content (AvgIpc) is 2.91. The maximum atomic E-state index is 12.3. The van der Waals surface area contributed by atoms with E-state index in [2.05, 4.69) is 27.7 Å². The van der Waals surface area contributed by atoms with Crippen LogP contribution < -0.4 is 5.73 Å². The van der Waals surface area contributed by atoms with Gasteiger partial charge in [0.15, 0.2) is 0 Å². The van der Waals surface area contributed by atoms with Gasteiger partial charge in [-0.2, -0.15) is 5.10 Å². The first-order valence-corrected chi connectivity index (χ1v) is 7.83. The van der Waals surface area contributed by atoms with Gasteiger partial charge in [0, 0.05) is 12.7 Å². The van der Waals surface area contributed by atoms with Gasteiger partial charge in [-0.25, -0.2) is 4.79 Å². The first-order chi connectivity index (χ1) is 10.1. The smallest absolute Gasteiger partial charge is 0.330 e. The molecule has 5 nitrogen and oxygen atoms in total. The largest absolute Gasteiger partial charge is 0.464 e. The molecule has 0 radical (unpaired) electrons. The van der Waals surface area contributed by atoms with Gasteiger partial charge in [-0.15, -0.1) is 0 Å². The SMILES string of the molecule is CCOC(=O)C(N)(CCn1cc(I)cn1)c1ccccc1. The molecule has 0 saturated carbocycles. The van der Waals surface area contributed by atoms with Crippen LogP contribution in [-0.2, 0) is 21.6 Å². The van der Waals surface area contributed by atoms with Crippen molar-refractivity contribution in [2.75, 3.05) is 6.61 Å². The third kappa shape index (κ3) is 3.82. The molecule has 2 rings (SSSR count). The fourth-order valence-electron chi connectivity index (χ4n) is 2.11. The van der Waals surface area contributed by atoms with Crippen LogP contribution in [-0.4, -0.2) is 22.4 Å². The number of aryl methyl sites for hydroxylation is 1. The van der Waals surface area contributed by atoms with Crippen LogP contribution in [0.2, 0.25) is 0 Å². The number of halogens is 1. The van der Waals surface area contributed by atoms with Crippen LogP contribution in [0, 0.1) is 3.57 Å². The van der Waals surface area contributed by atoms with Gasteiger partial charge >= 0.3 is 5.97 Å². The third-order valence-corrected chi connectivity index (χ3v) is 3.82. The molecule has 21 heavy (non-hydrogen) atoms. The summed E-state index contributed by atoms with van der Waals surface area (Å²) in [4.78, 5) is 12.3. The van der Waals surface area contributed by atoms with E-state index in [4.69, 9.17) is 10.5 Å². The Kier molecular flexibility index (Phi) is 5.35. The molecule has 0 aliphatic heterocycles. The van der Waals surface area contributed by atoms with E-state index in [1.165, 1.54) is 0 Å². The standard InChI is InChI=1S/C15H18IN3O2/c1-2-21-14(20)15(17,12-6-4-3-5-7-12)8-9-19-11-13(16)10-18-19/h3-7,10-11H,2,8-9,17H2,1H3. The van der Waals surface area contributed by atoms with Crippen LogP contribution in [0.25, 0.3) is 0 Å². The second-order valence-corrected chi connectivity index (χ2v) is 5.98. The lowest BCUT2D eigenvalue weighted by Gasteiger charge is -2.27. The van der Waals surface area contributed by atoms with E-state index in [-0.39, 0.29) is 0 Å². The van der Waals surface area contributed by atoms with Crippen molar-refractivity contribution in [2.45, 2.75) is 25.4 Å². The first-order valence-electron chi connectivity index (χ1n) is 6.76. The predicted molar refractivity (Wildman–Crippen MR) is 88.5 cm³/mol. The quantitative estimate of drug-likeness (QED) is 0.598. The number of aromatic nitrogens is 2. The summed E-state index contributed by atoms with van der Waals surface area (Å²) in [6, 6.07) is 9.33. The Balaban J connectivity index is 2.21. The molecule has 0 aliphatic carbocycles. The lowest BCUT2D eigenvalue weighted by molar-refractivity contribution is -0.150. The molecule has 2 N–H and O–H groups in total. The first kappa shape index (κ1) is 16.0. The van der Waals surface area contributed by atoms with Gasteiger partial charge in [0.1, 0.15) is 5.54 Å². The Morgan fingerprint density at radius 3 is 2.71 bits per heavy atom. The topological polar surface area (TPSA) is 70.1 Å². The Hall–Kier alpha value is -1.41. The molecule has 0 bridgehead atoms. The van der Waals surface area contributed by atoms with E-state index in [0.29, 0.717) is 19.6 Å². The molecule has 0 fully saturated rings. The number of hydrogen-bond acceptors (Lipinski definition) is 4. The number of nitrogens with zero attached hydrogens (tertiary/aromatic N) is 2. The molecule has 1 aromatic carbocycles. The normalized spacial score (nSPS) is 13.7. The number of carbonyl (C=O) groups is 1. The van der Waals surface area contributed by atoms with Gasteiger partial charge in [-0.3, -0.25) is 4.68 Å². The fraction of sp³-hybridized carbons (Fsp3) is 0.333. The fourth-order valence-corrected chi connectivity index (χ4v) is 2.56. The van der Waals surface area contributed by atoms with E-state index in [1.807, 2.05) is 36.5 Å². The monoisotopic (exact) mass is 399 g/mol. The number of rotatable bonds is 6. The lowest BCUT2D eigenvalue weighted by Crippen LogP contribution is -2.47. The molecule has 1 heterocycles. The zero-order valence-electron chi connectivity index (χ0n) is 11.8. The summed E-state index contributed by atoms with van der Waals surface area (Å²) in [6.45, 7) is 2.64. The zero-order chi connectivity index (χ0) is 15.3. The van der Waals surface area contributed by atoms with Gasteiger partial charge in [0.2, 0.25) is 0 Å². The molecule has 0 aliphatic rings. The second kappa shape index (κ2) is 7.04. The van der Waals surface area contributed by atoms with E-state index in [0.717, 1.165) is 9.13 Å². The van der Waals surface area contributed by atoms with E-state index >= 15 is 0 Å². The Morgan fingerprint density at radius 2 is 2.14 bits per heavy atom. The van der Waals surface area contributed by atoms with Crippen molar-refractivity contribution in [3.05, 3.63) is 51.9 Å². The number of carbonyl (C=O) groups excluding carboxylic acids is 1. The number of ether oxygens (including phenoxy) is 1. The van der Waals surface area contributed by atoms with E-state index in [9.17, 15) is 4.79 Å². The maximum absolute atomic E-state index is 12.3. The second-order valence-electron chi connectivity index (χ2n) is 4.73. The van der Waals surface area contributed by atoms with E-state index in [1.54, 1.807) is 17.8 Å². The van der Waals surface area contributed by atoms with Crippen molar-refractivity contribution < 1.29 is 9.53 Å². The predicted octanol–water partition coefficient (Wildman–Crippen LogP) is 2.30. The van der Waals surface area contributed by atoms with Crippen molar-refractivity contribution in [2.24, 2.45) is 5.73 Å². The van der Waals surface area contributed by atoms with Crippen molar-refractivity contribution in [1.82, 2.24) is 9.78 Å². The van der Waals surface area contributed by atoms with Crippen LogP contribution in [0.3, 0.4) is 0 Å². The Labute approximate surface area is 137 Å². The minimum absolute atomic E-state index is 0.310. The highest BCUT2D eigenvalue weighted by Gasteiger charge is 2.37. The third-order valence-electron chi connectivity index (χ3n) is 3.27. The minimum Gasteiger partial charge on any atom is -0.464 e. The van der Waals surface area contributed by atoms with Crippen LogP contribution in [0.4, 0.5) is 0 Å². The molecule has 1 aromatic heterocycles. The summed E-state index contributed by atoms with van der Waals surface area (Å²) in [5.41, 5.74) is 5.98. The summed E-state index contributed by atoms with van der Waals surface area (Å²) in [6.07, 6.45) is 4.11. The number of nitrogens with two attached hydrogens (primary N) is 1. The Morgan fingerprint density at radius 1 is 1.43 bits per heavy atom. The summed E-state index contributed by atoms with van der Waals surface area (Å²) in [5, 5.41) is 4.22. The summed E-state index contributed by atoms with van der Waals surface area (Å²) < 4.78 is 7.99. The molecule has 1 atom stereocenters. The highest BCUT2D eigenvalue weighted by molar-refractivity contribution is 14.1. The zero-order valence-corrected chi connectivity index (χ0v) is 14.0. The van der Waals surface area contributed by atoms with Gasteiger partial charge in [-0.05, 0) is 41.5 Å². The molecular weight excluding hydrogens is 381 g/mol. The molecule has 2 aromatic rings. The highest BCUT2D eigenvalue weighted by atomic mass is 127. The van der Waals surface area contributed by atoms with Crippen LogP contribution >= 0.6 is 22.6 Å². The van der Waals surface area contributed by atoms with Crippen molar-refractivity contribution in [1.29, 1.82) is 0 Å². The summed E-state index contributed by atoms with van der Waals surface area (Å²) in [7, 11) is 0. The number of esters is 1. The van der Waals surface area contributed by atoms with Crippen LogP contribution in [0.1, 0.15) is 18.9 Å². The van der Waals surface area contributed by atoms with Gasteiger partial charge in [0.05, 0.1) is 16.4 Å². The van der Waals surface area contributed by atoms with Crippen molar-refractivity contribution >= 4 is 28.6 Å². The number of hydrogen-bond donors (Lipinski definition) is 1.